The summed E-state index contributed by atoms with van der Waals surface area (Å²) in [6.45, 7) is 6.56. The summed E-state index contributed by atoms with van der Waals surface area (Å²) in [5.41, 5.74) is 1.48. The molecule has 1 unspecified atom stereocenters. The third kappa shape index (κ3) is 1.37. The number of H-pyrrole nitrogens is 1. The van der Waals surface area contributed by atoms with E-state index in [-0.39, 0.29) is 28.0 Å². The van der Waals surface area contributed by atoms with E-state index in [1.54, 1.807) is 0 Å². The molecule has 1 N–H and O–H groups in total. The van der Waals surface area contributed by atoms with Crippen molar-refractivity contribution in [2.75, 3.05) is 0 Å². The third-order valence-electron chi connectivity index (χ3n) is 6.20. The van der Waals surface area contributed by atoms with E-state index in [9.17, 15) is 13.6 Å². The molecule has 1 aromatic carbocycles. The number of aromatic amines is 1. The van der Waals surface area contributed by atoms with Crippen LogP contribution < -0.4 is 5.56 Å². The van der Waals surface area contributed by atoms with Gasteiger partial charge in [0.2, 0.25) is 0 Å². The molecule has 0 amide bonds. The fraction of sp³-hybridized carbons (Fsp3) is 0.471. The molecule has 0 radical (unpaired) electrons. The Bertz CT molecular complexity index is 849. The van der Waals surface area contributed by atoms with Crippen LogP contribution in [0.15, 0.2) is 23.0 Å². The van der Waals surface area contributed by atoms with Crippen molar-refractivity contribution in [2.24, 2.45) is 5.41 Å². The van der Waals surface area contributed by atoms with Gasteiger partial charge in [-0.2, -0.15) is 0 Å². The highest BCUT2D eigenvalue weighted by Gasteiger charge is 2.61. The average Bonchev–Trinajstić information content (AvgIpc) is 2.94. The topological polar surface area (TPSA) is 37.8 Å². The van der Waals surface area contributed by atoms with Crippen LogP contribution in [0.1, 0.15) is 50.8 Å². The van der Waals surface area contributed by atoms with E-state index < -0.39 is 11.6 Å². The number of nitrogens with zero attached hydrogens (tertiary/aromatic N) is 1. The van der Waals surface area contributed by atoms with E-state index >= 15 is 0 Å². The lowest BCUT2D eigenvalue weighted by Gasteiger charge is -2.34. The lowest BCUT2D eigenvalue weighted by molar-refractivity contribution is 0.224. The Morgan fingerprint density at radius 3 is 2.64 bits per heavy atom. The second-order valence-corrected chi connectivity index (χ2v) is 7.28. The number of benzene rings is 1. The molecular formula is C17H18F2N2O. The van der Waals surface area contributed by atoms with Crippen molar-refractivity contribution in [1.29, 1.82) is 0 Å². The fourth-order valence-corrected chi connectivity index (χ4v) is 4.48. The summed E-state index contributed by atoms with van der Waals surface area (Å²) in [5.74, 6) is -1.19. The normalized spacial score (nSPS) is 28.1. The van der Waals surface area contributed by atoms with Gasteiger partial charge >= 0.3 is 0 Å². The predicted octanol–water partition coefficient (Wildman–Crippen LogP) is 3.62. The minimum Gasteiger partial charge on any atom is -0.294 e. The van der Waals surface area contributed by atoms with Gasteiger partial charge in [0.1, 0.15) is 11.5 Å². The molecule has 0 spiro atoms. The van der Waals surface area contributed by atoms with E-state index in [0.29, 0.717) is 0 Å². The number of aromatic nitrogens is 2. The SMILES string of the molecule is CC12CC[C@H](c3c1[nH]n(-c1ccc(F)cc1F)c3=O)C2(C)C. The Kier molecular flexibility index (Phi) is 2.43. The molecule has 4 rings (SSSR count). The van der Waals surface area contributed by atoms with Crippen LogP contribution in [0.3, 0.4) is 0 Å². The van der Waals surface area contributed by atoms with Gasteiger partial charge in [-0.3, -0.25) is 9.89 Å². The maximum Gasteiger partial charge on any atom is 0.275 e. The van der Waals surface area contributed by atoms with Crippen LogP contribution in [-0.2, 0) is 5.41 Å². The first-order valence-electron chi connectivity index (χ1n) is 7.58. The Morgan fingerprint density at radius 2 is 2.00 bits per heavy atom. The standard InChI is InChI=1S/C17H18F2N2O/c1-16(2)10-6-7-17(16,3)14-13(10)15(22)21(20-14)12-5-4-9(18)8-11(12)19/h4-5,8,10,20H,6-7H2,1-3H3/t10-,17?/m1/s1. The van der Waals surface area contributed by atoms with E-state index in [1.807, 2.05) is 0 Å². The van der Waals surface area contributed by atoms with E-state index in [2.05, 4.69) is 25.9 Å². The molecule has 116 valence electrons. The largest absolute Gasteiger partial charge is 0.294 e. The van der Waals surface area contributed by atoms with E-state index in [1.165, 1.54) is 10.7 Å². The van der Waals surface area contributed by atoms with Crippen LogP contribution in [0.2, 0.25) is 0 Å². The first kappa shape index (κ1) is 13.7. The minimum absolute atomic E-state index is 0.0216. The molecule has 1 heterocycles. The van der Waals surface area contributed by atoms with Gasteiger partial charge in [-0.1, -0.05) is 20.8 Å². The van der Waals surface area contributed by atoms with Gasteiger partial charge in [0.05, 0.1) is 0 Å². The van der Waals surface area contributed by atoms with Gasteiger partial charge in [0.15, 0.2) is 5.82 Å². The first-order chi connectivity index (χ1) is 10.3. The van der Waals surface area contributed by atoms with Crippen LogP contribution in [0.25, 0.3) is 5.69 Å². The summed E-state index contributed by atoms with van der Waals surface area (Å²) in [6.07, 6.45) is 2.00. The van der Waals surface area contributed by atoms with Gasteiger partial charge < -0.3 is 0 Å². The number of hydrogen-bond acceptors (Lipinski definition) is 1. The van der Waals surface area contributed by atoms with Crippen LogP contribution in [0.4, 0.5) is 8.78 Å². The maximum absolute atomic E-state index is 14.0. The molecule has 2 atom stereocenters. The first-order valence-corrected chi connectivity index (χ1v) is 7.58. The van der Waals surface area contributed by atoms with Gasteiger partial charge in [-0.05, 0) is 36.3 Å². The monoisotopic (exact) mass is 304 g/mol. The molecular weight excluding hydrogens is 286 g/mol. The number of rotatable bonds is 1. The van der Waals surface area contributed by atoms with Crippen molar-refractivity contribution in [1.82, 2.24) is 9.78 Å². The zero-order valence-electron chi connectivity index (χ0n) is 12.8. The van der Waals surface area contributed by atoms with Crippen molar-refractivity contribution < 1.29 is 8.78 Å². The summed E-state index contributed by atoms with van der Waals surface area (Å²) < 4.78 is 28.3. The van der Waals surface area contributed by atoms with Crippen molar-refractivity contribution in [3.63, 3.8) is 0 Å². The molecule has 3 nitrogen and oxygen atoms in total. The van der Waals surface area contributed by atoms with Gasteiger partial charge in [-0.25, -0.2) is 13.5 Å². The molecule has 2 bridgehead atoms. The lowest BCUT2D eigenvalue weighted by atomic mass is 9.70. The average molecular weight is 304 g/mol. The van der Waals surface area contributed by atoms with Crippen molar-refractivity contribution in [2.45, 2.75) is 44.9 Å². The predicted molar refractivity (Wildman–Crippen MR) is 79.4 cm³/mol. The Morgan fingerprint density at radius 1 is 1.27 bits per heavy atom. The minimum atomic E-state index is -0.737. The van der Waals surface area contributed by atoms with Gasteiger partial charge in [-0.15, -0.1) is 0 Å². The van der Waals surface area contributed by atoms with Crippen molar-refractivity contribution >= 4 is 0 Å². The number of fused-ring (bicyclic) bond motifs is 5. The second-order valence-electron chi connectivity index (χ2n) is 7.28. The second kappa shape index (κ2) is 3.89. The number of halogens is 2. The third-order valence-corrected chi connectivity index (χ3v) is 6.20. The summed E-state index contributed by atoms with van der Waals surface area (Å²) in [6, 6.07) is 3.26. The summed E-state index contributed by atoms with van der Waals surface area (Å²) in [4.78, 5) is 12.8. The van der Waals surface area contributed by atoms with E-state index in [0.717, 1.165) is 36.2 Å². The zero-order valence-corrected chi connectivity index (χ0v) is 12.8. The molecule has 2 aliphatic carbocycles. The quantitative estimate of drug-likeness (QED) is 0.858. The molecule has 5 heteroatoms. The molecule has 1 saturated carbocycles. The van der Waals surface area contributed by atoms with Crippen molar-refractivity contribution in [3.05, 3.63) is 51.4 Å². The molecule has 22 heavy (non-hydrogen) atoms. The van der Waals surface area contributed by atoms with E-state index in [4.69, 9.17) is 0 Å². The summed E-state index contributed by atoms with van der Waals surface area (Å²) >= 11 is 0. The molecule has 1 aromatic heterocycles. The lowest BCUT2D eigenvalue weighted by Crippen LogP contribution is -2.33. The zero-order chi connectivity index (χ0) is 15.9. The highest BCUT2D eigenvalue weighted by atomic mass is 19.1. The molecule has 2 aromatic rings. The Labute approximate surface area is 126 Å². The van der Waals surface area contributed by atoms with Gasteiger partial charge in [0.25, 0.3) is 5.56 Å². The molecule has 2 aliphatic rings. The molecule has 1 fully saturated rings. The molecule has 0 saturated heterocycles. The summed E-state index contributed by atoms with van der Waals surface area (Å²) in [7, 11) is 0. The highest BCUT2D eigenvalue weighted by molar-refractivity contribution is 5.46. The number of hydrogen-bond donors (Lipinski definition) is 1. The Balaban J connectivity index is 1.96. The smallest absolute Gasteiger partial charge is 0.275 e. The van der Waals surface area contributed by atoms with Crippen LogP contribution >= 0.6 is 0 Å². The Hall–Kier alpha value is -1.91. The van der Waals surface area contributed by atoms with Crippen LogP contribution in [-0.4, -0.2) is 9.78 Å². The summed E-state index contributed by atoms with van der Waals surface area (Å²) in [5, 5.41) is 3.11. The van der Waals surface area contributed by atoms with Crippen LogP contribution in [0.5, 0.6) is 0 Å². The highest BCUT2D eigenvalue weighted by Crippen LogP contribution is 2.66. The molecule has 0 aliphatic heterocycles. The van der Waals surface area contributed by atoms with Gasteiger partial charge in [0, 0.05) is 22.7 Å². The maximum atomic E-state index is 14.0. The fourth-order valence-electron chi connectivity index (χ4n) is 4.48. The number of nitrogens with one attached hydrogen (secondary N) is 1. The van der Waals surface area contributed by atoms with Crippen molar-refractivity contribution in [3.8, 4) is 5.69 Å². The van der Waals surface area contributed by atoms with Crippen LogP contribution in [0, 0.1) is 17.0 Å².